The van der Waals surface area contributed by atoms with E-state index in [1.807, 2.05) is 0 Å². The number of hydrogen-bond donors (Lipinski definition) is 2. The van der Waals surface area contributed by atoms with E-state index >= 15 is 0 Å². The average molecular weight is 498 g/mol. The van der Waals surface area contributed by atoms with Gasteiger partial charge in [0.15, 0.2) is 0 Å². The number of aryl methyl sites for hydroxylation is 1. The first-order chi connectivity index (χ1) is 13.9. The molecular formula is C20H24BrN3O3S2. The molecule has 0 aliphatic rings. The van der Waals surface area contributed by atoms with E-state index in [0.717, 1.165) is 11.7 Å². The molecule has 0 spiro atoms. The van der Waals surface area contributed by atoms with E-state index in [4.69, 9.17) is 10.8 Å². The van der Waals surface area contributed by atoms with Crippen LogP contribution in [0.15, 0.2) is 27.4 Å². The van der Waals surface area contributed by atoms with Crippen molar-refractivity contribution in [2.24, 2.45) is 5.73 Å². The number of rotatable bonds is 9. The minimum atomic E-state index is -1.21. The zero-order valence-electron chi connectivity index (χ0n) is 16.2. The lowest BCUT2D eigenvalue weighted by atomic mass is 10.1. The summed E-state index contributed by atoms with van der Waals surface area (Å²) in [5.74, 6) is -2.00. The maximum absolute atomic E-state index is 11.0. The molecule has 6 nitrogen and oxygen atoms in total. The van der Waals surface area contributed by atoms with Gasteiger partial charge in [-0.3, -0.25) is 4.79 Å². The number of halogens is 1. The largest absolute Gasteiger partial charge is 0.478 e. The highest BCUT2D eigenvalue weighted by molar-refractivity contribution is 9.11. The molecule has 0 aliphatic carbocycles. The summed E-state index contributed by atoms with van der Waals surface area (Å²) in [6.45, 7) is 2.27. The first kappa shape index (κ1) is 23.4. The quantitative estimate of drug-likeness (QED) is 0.357. The molecule has 0 saturated heterocycles. The van der Waals surface area contributed by atoms with Gasteiger partial charge >= 0.3 is 5.97 Å². The molecule has 1 amide bonds. The van der Waals surface area contributed by atoms with Crippen molar-refractivity contribution in [3.05, 3.63) is 44.1 Å². The monoisotopic (exact) mass is 497 g/mol. The number of fused-ring (bicyclic) bond motifs is 1. The summed E-state index contributed by atoms with van der Waals surface area (Å²) in [6, 6.07) is 4.87. The van der Waals surface area contributed by atoms with E-state index in [1.54, 1.807) is 11.3 Å². The van der Waals surface area contributed by atoms with Crippen molar-refractivity contribution in [3.63, 3.8) is 0 Å². The van der Waals surface area contributed by atoms with Crippen molar-refractivity contribution < 1.29 is 14.7 Å². The van der Waals surface area contributed by atoms with Gasteiger partial charge in [-0.25, -0.2) is 4.79 Å². The molecule has 0 fully saturated rings. The number of unbranched alkanes of at least 4 members (excludes halogenated alkanes) is 5. The predicted octanol–water partition coefficient (Wildman–Crippen LogP) is 5.90. The van der Waals surface area contributed by atoms with Gasteiger partial charge in [0.2, 0.25) is 5.91 Å². The molecule has 0 radical (unpaired) electrons. The summed E-state index contributed by atoms with van der Waals surface area (Å²) >= 11 is 6.32. The Morgan fingerprint density at radius 2 is 1.69 bits per heavy atom. The highest BCUT2D eigenvalue weighted by atomic mass is 79.9. The summed E-state index contributed by atoms with van der Waals surface area (Å²) in [6.07, 6.45) is 9.56. The molecule has 0 saturated carbocycles. The Kier molecular flexibility index (Phi) is 9.69. The lowest BCUT2D eigenvalue weighted by Gasteiger charge is -2.00. The first-order valence-corrected chi connectivity index (χ1v) is 11.9. The van der Waals surface area contributed by atoms with Gasteiger partial charge in [0.1, 0.15) is 11.0 Å². The molecule has 3 N–H and O–H groups in total. The lowest BCUT2D eigenvalue weighted by molar-refractivity contribution is 0.0692. The van der Waals surface area contributed by atoms with E-state index in [2.05, 4.69) is 43.0 Å². The highest BCUT2D eigenvalue weighted by Crippen LogP contribution is 2.25. The molecule has 3 aromatic rings. The summed E-state index contributed by atoms with van der Waals surface area (Å²) in [5, 5.41) is 11.0. The Labute approximate surface area is 186 Å². The van der Waals surface area contributed by atoms with E-state index in [1.165, 1.54) is 66.4 Å². The molecule has 0 unspecified atom stereocenters. The SMILES string of the molecule is CCCCCCCCc1ccsc1Br.NC(=O)c1cc2nsnc2cc1C(=O)O. The van der Waals surface area contributed by atoms with Crippen LogP contribution in [0.4, 0.5) is 0 Å². The van der Waals surface area contributed by atoms with Crippen LogP contribution in [0.3, 0.4) is 0 Å². The second-order valence-corrected chi connectivity index (χ2v) is 9.32. The number of nitrogens with zero attached hydrogens (tertiary/aromatic N) is 2. The van der Waals surface area contributed by atoms with E-state index < -0.39 is 11.9 Å². The Morgan fingerprint density at radius 1 is 1.07 bits per heavy atom. The van der Waals surface area contributed by atoms with Gasteiger partial charge in [-0.05, 0) is 57.9 Å². The number of aromatic nitrogens is 2. The van der Waals surface area contributed by atoms with Crippen LogP contribution >= 0.6 is 39.0 Å². The molecule has 3 rings (SSSR count). The minimum Gasteiger partial charge on any atom is -0.478 e. The van der Waals surface area contributed by atoms with Crippen LogP contribution in [0, 0.1) is 0 Å². The van der Waals surface area contributed by atoms with Crippen molar-refractivity contribution in [2.45, 2.75) is 51.9 Å². The number of hydrogen-bond acceptors (Lipinski definition) is 6. The van der Waals surface area contributed by atoms with Crippen molar-refractivity contribution in [3.8, 4) is 0 Å². The van der Waals surface area contributed by atoms with Gasteiger partial charge in [0.05, 0.1) is 26.6 Å². The average Bonchev–Trinajstić information content (AvgIpc) is 3.32. The van der Waals surface area contributed by atoms with Gasteiger partial charge in [0, 0.05) is 0 Å². The van der Waals surface area contributed by atoms with Gasteiger partial charge < -0.3 is 10.8 Å². The van der Waals surface area contributed by atoms with E-state index in [0.29, 0.717) is 11.0 Å². The third-order valence-corrected chi connectivity index (χ3v) is 6.75. The molecule has 0 atom stereocenters. The zero-order valence-corrected chi connectivity index (χ0v) is 19.4. The minimum absolute atomic E-state index is 0.0531. The second-order valence-electron chi connectivity index (χ2n) is 6.56. The molecule has 29 heavy (non-hydrogen) atoms. The molecule has 0 bridgehead atoms. The Hall–Kier alpha value is -1.84. The fourth-order valence-electron chi connectivity index (χ4n) is 2.81. The number of nitrogens with two attached hydrogens (primary N) is 1. The van der Waals surface area contributed by atoms with Crippen molar-refractivity contribution >= 4 is 61.9 Å². The van der Waals surface area contributed by atoms with Crippen LogP contribution in [0.2, 0.25) is 0 Å². The summed E-state index contributed by atoms with van der Waals surface area (Å²) in [7, 11) is 0. The normalized spacial score (nSPS) is 10.6. The van der Waals surface area contributed by atoms with Crippen molar-refractivity contribution in [2.75, 3.05) is 0 Å². The summed E-state index contributed by atoms with van der Waals surface area (Å²) < 4.78 is 9.09. The topological polar surface area (TPSA) is 106 Å². The number of carboxylic acids is 1. The molecule has 0 aliphatic heterocycles. The lowest BCUT2D eigenvalue weighted by Crippen LogP contribution is -2.16. The molecule has 1 aromatic carbocycles. The standard InChI is InChI=1S/C12H19BrS.C8H5N3O3S/c1-2-3-4-5-6-7-8-11-9-10-14-12(11)13;9-7(12)3-1-5-6(11-15-10-5)2-4(3)8(13)14/h9-10H,2-8H2,1H3;1-2H,(H2,9,12)(H,13,14). The third kappa shape index (κ3) is 7.17. The van der Waals surface area contributed by atoms with Crippen molar-refractivity contribution in [1.29, 1.82) is 0 Å². The summed E-state index contributed by atoms with van der Waals surface area (Å²) in [4.78, 5) is 21.8. The molecular weight excluding hydrogens is 474 g/mol. The molecule has 2 aromatic heterocycles. The number of carboxylic acid groups (broad SMARTS) is 1. The number of carbonyl (C=O) groups excluding carboxylic acids is 1. The van der Waals surface area contributed by atoms with E-state index in [-0.39, 0.29) is 11.1 Å². The smallest absolute Gasteiger partial charge is 0.336 e. The maximum atomic E-state index is 11.0. The summed E-state index contributed by atoms with van der Waals surface area (Å²) in [5.41, 5.74) is 7.27. The molecule has 2 heterocycles. The highest BCUT2D eigenvalue weighted by Gasteiger charge is 2.16. The number of amides is 1. The number of carbonyl (C=O) groups is 2. The molecule has 9 heteroatoms. The van der Waals surface area contributed by atoms with Gasteiger partial charge in [-0.2, -0.15) is 8.75 Å². The molecule has 156 valence electrons. The van der Waals surface area contributed by atoms with Crippen LogP contribution in [0.1, 0.15) is 71.7 Å². The number of thiophene rings is 1. The van der Waals surface area contributed by atoms with Crippen LogP contribution in [-0.4, -0.2) is 25.7 Å². The van der Waals surface area contributed by atoms with Crippen LogP contribution in [0.25, 0.3) is 11.0 Å². The predicted molar refractivity (Wildman–Crippen MR) is 122 cm³/mol. The number of benzene rings is 1. The van der Waals surface area contributed by atoms with Gasteiger partial charge in [-0.1, -0.05) is 39.0 Å². The maximum Gasteiger partial charge on any atom is 0.336 e. The van der Waals surface area contributed by atoms with Gasteiger partial charge in [0.25, 0.3) is 0 Å². The Morgan fingerprint density at radius 3 is 2.24 bits per heavy atom. The Bertz CT molecular complexity index is 908. The van der Waals surface area contributed by atoms with Crippen LogP contribution in [0.5, 0.6) is 0 Å². The number of aromatic carboxylic acids is 1. The third-order valence-electron chi connectivity index (χ3n) is 4.38. The van der Waals surface area contributed by atoms with E-state index in [9.17, 15) is 9.59 Å². The van der Waals surface area contributed by atoms with Crippen LogP contribution in [-0.2, 0) is 6.42 Å². The van der Waals surface area contributed by atoms with Gasteiger partial charge in [-0.15, -0.1) is 11.3 Å². The van der Waals surface area contributed by atoms with Crippen LogP contribution < -0.4 is 5.73 Å². The number of primary amides is 1. The van der Waals surface area contributed by atoms with Crippen molar-refractivity contribution in [1.82, 2.24) is 8.75 Å². The fourth-order valence-corrected chi connectivity index (χ4v) is 4.64. The first-order valence-electron chi connectivity index (χ1n) is 9.45. The zero-order chi connectivity index (χ0) is 21.2. The fraction of sp³-hybridized carbons (Fsp3) is 0.400. The Balaban J connectivity index is 0.000000208. The second kappa shape index (κ2) is 12.0.